The van der Waals surface area contributed by atoms with Crippen molar-refractivity contribution in [2.24, 2.45) is 0 Å². The van der Waals surface area contributed by atoms with Gasteiger partial charge in [-0.05, 0) is 38.5 Å². The van der Waals surface area contributed by atoms with Crippen molar-refractivity contribution >= 4 is 16.7 Å². The Bertz CT molecular complexity index is 755. The lowest BCUT2D eigenvalue weighted by Gasteiger charge is -2.10. The summed E-state index contributed by atoms with van der Waals surface area (Å²) in [6.07, 6.45) is 0. The molecule has 1 aromatic heterocycles. The number of hydrogen-bond acceptors (Lipinski definition) is 2. The molecule has 0 fully saturated rings. The maximum Gasteiger partial charge on any atom is 0.134 e. The van der Waals surface area contributed by atoms with Gasteiger partial charge in [-0.1, -0.05) is 35.9 Å². The topological polar surface area (TPSA) is 25.2 Å². The van der Waals surface area contributed by atoms with Crippen LogP contribution in [0, 0.1) is 20.8 Å². The van der Waals surface area contributed by atoms with E-state index in [1.165, 1.54) is 27.8 Å². The average molecular weight is 265 g/mol. The first kappa shape index (κ1) is 12.8. The maximum absolute atomic E-state index is 5.80. The summed E-state index contributed by atoms with van der Waals surface area (Å²) in [6.45, 7) is 7.06. The Morgan fingerprint density at radius 2 is 1.80 bits per heavy atom. The first-order valence-electron chi connectivity index (χ1n) is 6.93. The van der Waals surface area contributed by atoms with E-state index in [0.717, 1.165) is 17.9 Å². The van der Waals surface area contributed by atoms with Gasteiger partial charge in [0.1, 0.15) is 11.3 Å². The van der Waals surface area contributed by atoms with Crippen molar-refractivity contribution < 1.29 is 4.42 Å². The van der Waals surface area contributed by atoms with E-state index < -0.39 is 0 Å². The van der Waals surface area contributed by atoms with Crippen LogP contribution in [0.25, 0.3) is 11.0 Å². The zero-order chi connectivity index (χ0) is 14.1. The van der Waals surface area contributed by atoms with Crippen LogP contribution >= 0.6 is 0 Å². The molecule has 0 aliphatic heterocycles. The molecule has 0 unspecified atom stereocenters. The van der Waals surface area contributed by atoms with E-state index in [1.807, 2.05) is 19.1 Å². The summed E-state index contributed by atoms with van der Waals surface area (Å²) in [4.78, 5) is 0. The molecular formula is C18H19NO. The van der Waals surface area contributed by atoms with Crippen LogP contribution in [-0.2, 0) is 6.54 Å². The molecule has 2 heteroatoms. The molecule has 0 atom stereocenters. The number of aryl methyl sites for hydroxylation is 3. The Balaban J connectivity index is 1.88. The third kappa shape index (κ3) is 2.29. The number of hydrogen-bond donors (Lipinski definition) is 1. The molecule has 20 heavy (non-hydrogen) atoms. The number of benzene rings is 2. The number of furan rings is 1. The van der Waals surface area contributed by atoms with Crippen molar-refractivity contribution in [1.82, 2.24) is 0 Å². The van der Waals surface area contributed by atoms with Crippen molar-refractivity contribution in [3.63, 3.8) is 0 Å². The quantitative estimate of drug-likeness (QED) is 0.723. The van der Waals surface area contributed by atoms with Crippen LogP contribution in [0.3, 0.4) is 0 Å². The Morgan fingerprint density at radius 1 is 1.00 bits per heavy atom. The highest BCUT2D eigenvalue weighted by Gasteiger charge is 2.10. The van der Waals surface area contributed by atoms with Gasteiger partial charge in [0.15, 0.2) is 0 Å². The molecule has 3 rings (SSSR count). The van der Waals surface area contributed by atoms with Crippen LogP contribution in [0.1, 0.15) is 22.5 Å². The normalized spacial score (nSPS) is 10.9. The maximum atomic E-state index is 5.80. The first-order chi connectivity index (χ1) is 9.65. The molecule has 0 saturated heterocycles. The minimum absolute atomic E-state index is 0.784. The Kier molecular flexibility index (Phi) is 3.23. The molecule has 1 heterocycles. The highest BCUT2D eigenvalue weighted by molar-refractivity contribution is 5.82. The van der Waals surface area contributed by atoms with Gasteiger partial charge < -0.3 is 9.73 Å². The highest BCUT2D eigenvalue weighted by atomic mass is 16.3. The molecule has 0 radical (unpaired) electrons. The third-order valence-corrected chi connectivity index (χ3v) is 3.74. The fourth-order valence-electron chi connectivity index (χ4n) is 2.64. The first-order valence-corrected chi connectivity index (χ1v) is 6.93. The molecule has 2 aromatic carbocycles. The molecule has 0 saturated carbocycles. The summed E-state index contributed by atoms with van der Waals surface area (Å²) in [5.74, 6) is 0.989. The van der Waals surface area contributed by atoms with Gasteiger partial charge in [0.25, 0.3) is 0 Å². The summed E-state index contributed by atoms with van der Waals surface area (Å²) in [6, 6.07) is 14.7. The number of fused-ring (bicyclic) bond motifs is 1. The predicted octanol–water partition coefficient (Wildman–Crippen LogP) is 4.97. The number of anilines is 1. The lowest BCUT2D eigenvalue weighted by Crippen LogP contribution is -2.01. The van der Waals surface area contributed by atoms with E-state index >= 15 is 0 Å². The summed E-state index contributed by atoms with van der Waals surface area (Å²) in [7, 11) is 0. The van der Waals surface area contributed by atoms with Gasteiger partial charge in [0, 0.05) is 23.2 Å². The van der Waals surface area contributed by atoms with Crippen LogP contribution < -0.4 is 5.32 Å². The van der Waals surface area contributed by atoms with Gasteiger partial charge in [0.05, 0.1) is 0 Å². The third-order valence-electron chi connectivity index (χ3n) is 3.74. The number of rotatable bonds is 3. The summed E-state index contributed by atoms with van der Waals surface area (Å²) in [5, 5.41) is 4.71. The lowest BCUT2D eigenvalue weighted by molar-refractivity contribution is 0.573. The van der Waals surface area contributed by atoms with Gasteiger partial charge in [-0.15, -0.1) is 0 Å². The monoisotopic (exact) mass is 265 g/mol. The van der Waals surface area contributed by atoms with E-state index in [2.05, 4.69) is 49.5 Å². The van der Waals surface area contributed by atoms with Crippen LogP contribution in [0.15, 0.2) is 46.9 Å². The molecule has 0 amide bonds. The molecule has 0 spiro atoms. The fraction of sp³-hybridized carbons (Fsp3) is 0.222. The lowest BCUT2D eigenvalue weighted by atomic mass is 10.1. The average Bonchev–Trinajstić information content (AvgIpc) is 2.74. The van der Waals surface area contributed by atoms with Gasteiger partial charge in [0.2, 0.25) is 0 Å². The van der Waals surface area contributed by atoms with Crippen molar-refractivity contribution in [3.05, 3.63) is 64.9 Å². The largest absolute Gasteiger partial charge is 0.461 e. The van der Waals surface area contributed by atoms with Crippen molar-refractivity contribution in [3.8, 4) is 0 Å². The molecule has 0 aliphatic rings. The standard InChI is InChI=1S/C18H19NO/c1-12-8-9-17(13(2)10-12)19-11-16-14(3)20-18-7-5-4-6-15(16)18/h4-10,19H,11H2,1-3H3. The van der Waals surface area contributed by atoms with Crippen LogP contribution in [0.5, 0.6) is 0 Å². The Morgan fingerprint density at radius 3 is 2.60 bits per heavy atom. The Labute approximate surface area is 119 Å². The SMILES string of the molecule is Cc1ccc(NCc2c(C)oc3ccccc23)c(C)c1. The molecule has 0 aliphatic carbocycles. The summed E-state index contributed by atoms with van der Waals surface area (Å²) >= 11 is 0. The summed E-state index contributed by atoms with van der Waals surface area (Å²) in [5.41, 5.74) is 5.94. The van der Waals surface area contributed by atoms with Crippen molar-refractivity contribution in [2.75, 3.05) is 5.32 Å². The second kappa shape index (κ2) is 5.04. The zero-order valence-electron chi connectivity index (χ0n) is 12.2. The van der Waals surface area contributed by atoms with E-state index in [4.69, 9.17) is 4.42 Å². The van der Waals surface area contributed by atoms with Crippen LogP contribution in [0.2, 0.25) is 0 Å². The molecule has 1 N–H and O–H groups in total. The molecular weight excluding hydrogens is 246 g/mol. The number of para-hydroxylation sites is 1. The number of nitrogens with one attached hydrogen (secondary N) is 1. The van der Waals surface area contributed by atoms with E-state index in [9.17, 15) is 0 Å². The zero-order valence-corrected chi connectivity index (χ0v) is 12.2. The Hall–Kier alpha value is -2.22. The molecule has 2 nitrogen and oxygen atoms in total. The minimum atomic E-state index is 0.784. The summed E-state index contributed by atoms with van der Waals surface area (Å²) < 4.78 is 5.80. The highest BCUT2D eigenvalue weighted by Crippen LogP contribution is 2.26. The fourth-order valence-corrected chi connectivity index (χ4v) is 2.64. The van der Waals surface area contributed by atoms with Gasteiger partial charge in [-0.25, -0.2) is 0 Å². The van der Waals surface area contributed by atoms with Crippen molar-refractivity contribution in [1.29, 1.82) is 0 Å². The second-order valence-electron chi connectivity index (χ2n) is 5.30. The van der Waals surface area contributed by atoms with Gasteiger partial charge in [-0.3, -0.25) is 0 Å². The van der Waals surface area contributed by atoms with Crippen LogP contribution in [-0.4, -0.2) is 0 Å². The van der Waals surface area contributed by atoms with Crippen molar-refractivity contribution in [2.45, 2.75) is 27.3 Å². The van der Waals surface area contributed by atoms with Gasteiger partial charge in [-0.2, -0.15) is 0 Å². The van der Waals surface area contributed by atoms with E-state index in [0.29, 0.717) is 0 Å². The molecule has 0 bridgehead atoms. The van der Waals surface area contributed by atoms with E-state index in [-0.39, 0.29) is 0 Å². The molecule has 102 valence electrons. The van der Waals surface area contributed by atoms with Crippen LogP contribution in [0.4, 0.5) is 5.69 Å². The van der Waals surface area contributed by atoms with Gasteiger partial charge >= 0.3 is 0 Å². The minimum Gasteiger partial charge on any atom is -0.461 e. The second-order valence-corrected chi connectivity index (χ2v) is 5.30. The van der Waals surface area contributed by atoms with E-state index in [1.54, 1.807) is 0 Å². The smallest absolute Gasteiger partial charge is 0.134 e. The molecule has 3 aromatic rings. The predicted molar refractivity (Wildman–Crippen MR) is 84.2 cm³/mol.